The van der Waals surface area contributed by atoms with Gasteiger partial charge in [-0.3, -0.25) is 0 Å². The second-order valence-electron chi connectivity index (χ2n) is 6.97. The molecule has 0 amide bonds. The summed E-state index contributed by atoms with van der Waals surface area (Å²) in [7, 11) is 1.83. The van der Waals surface area contributed by atoms with Gasteiger partial charge in [-0.15, -0.1) is 0 Å². The normalized spacial score (nSPS) is 16.0. The summed E-state index contributed by atoms with van der Waals surface area (Å²) in [5.41, 5.74) is 8.71. The van der Waals surface area contributed by atoms with Gasteiger partial charge < -0.3 is 15.2 Å². The van der Waals surface area contributed by atoms with Crippen molar-refractivity contribution < 1.29 is 9.47 Å². The van der Waals surface area contributed by atoms with E-state index in [4.69, 9.17) is 15.2 Å². The predicted molar refractivity (Wildman–Crippen MR) is 106 cm³/mol. The number of nitriles is 1. The van der Waals surface area contributed by atoms with Gasteiger partial charge in [0.25, 0.3) is 0 Å². The van der Waals surface area contributed by atoms with Crippen LogP contribution in [0.15, 0.2) is 36.7 Å². The number of aryl methyl sites for hydroxylation is 1. The molecule has 29 heavy (non-hydrogen) atoms. The summed E-state index contributed by atoms with van der Waals surface area (Å²) in [5, 5.41) is 13.9. The summed E-state index contributed by atoms with van der Waals surface area (Å²) in [5.74, 6) is 1.90. The molecule has 2 aromatic heterocycles. The number of benzene rings is 1. The Morgan fingerprint density at radius 3 is 2.83 bits per heavy atom. The number of nitrogens with zero attached hydrogens (tertiary/aromatic N) is 5. The van der Waals surface area contributed by atoms with Crippen molar-refractivity contribution in [3.05, 3.63) is 53.5 Å². The number of hydrogen-bond acceptors (Lipinski definition) is 7. The Hall–Kier alpha value is -3.28. The lowest BCUT2D eigenvalue weighted by Gasteiger charge is -2.11. The number of hydrogen-bond donors (Lipinski definition) is 1. The van der Waals surface area contributed by atoms with E-state index in [0.29, 0.717) is 41.7 Å². The second-order valence-corrected chi connectivity index (χ2v) is 6.97. The van der Waals surface area contributed by atoms with Gasteiger partial charge in [-0.2, -0.15) is 10.4 Å². The maximum Gasteiger partial charge on any atom is 0.217 e. The van der Waals surface area contributed by atoms with Crippen LogP contribution in [0.3, 0.4) is 0 Å². The average Bonchev–Trinajstić information content (AvgIpc) is 3.39. The Morgan fingerprint density at radius 1 is 1.31 bits per heavy atom. The lowest BCUT2D eigenvalue weighted by atomic mass is 10.1. The molecule has 1 unspecified atom stereocenters. The average molecular weight is 390 g/mol. The molecule has 8 nitrogen and oxygen atoms in total. The first-order chi connectivity index (χ1) is 14.2. The van der Waals surface area contributed by atoms with E-state index in [-0.39, 0.29) is 5.92 Å². The number of nitrogens with two attached hydrogens (primary N) is 1. The van der Waals surface area contributed by atoms with Crippen LogP contribution in [0.25, 0.3) is 11.4 Å². The summed E-state index contributed by atoms with van der Waals surface area (Å²) in [6.07, 6.45) is 5.20. The van der Waals surface area contributed by atoms with Crippen molar-refractivity contribution in [2.45, 2.75) is 18.8 Å². The van der Waals surface area contributed by atoms with Gasteiger partial charge in [-0.25, -0.2) is 14.6 Å². The summed E-state index contributed by atoms with van der Waals surface area (Å²) in [4.78, 5) is 8.89. The molecule has 3 aromatic rings. The second kappa shape index (κ2) is 8.39. The van der Waals surface area contributed by atoms with Crippen molar-refractivity contribution in [2.75, 3.05) is 19.8 Å². The summed E-state index contributed by atoms with van der Waals surface area (Å²) >= 11 is 0. The molecule has 8 heteroatoms. The largest absolute Gasteiger partial charge is 0.438 e. The highest BCUT2D eigenvalue weighted by Crippen LogP contribution is 2.34. The molecule has 0 saturated carbocycles. The molecule has 3 heterocycles. The predicted octanol–water partition coefficient (Wildman–Crippen LogP) is 2.55. The third-order valence-corrected chi connectivity index (χ3v) is 4.91. The third-order valence-electron chi connectivity index (χ3n) is 4.91. The van der Waals surface area contributed by atoms with E-state index in [0.717, 1.165) is 30.7 Å². The van der Waals surface area contributed by atoms with Gasteiger partial charge in [0.05, 0.1) is 29.5 Å². The van der Waals surface area contributed by atoms with Crippen LogP contribution in [-0.2, 0) is 18.2 Å². The standard InChI is InChI=1S/C21H22N6O2/c1-27-20(9-18(26-27)16-5-7-28-13-16)29-19-8-14(10-23)2-3-17(19)21-24-11-15(4-6-22)12-25-21/h2-3,8-9,11-12,16H,4-7,13,22H2,1H3. The monoisotopic (exact) mass is 390 g/mol. The van der Waals surface area contributed by atoms with E-state index in [1.807, 2.05) is 13.1 Å². The maximum absolute atomic E-state index is 9.31. The Labute approximate surface area is 168 Å². The molecule has 0 radical (unpaired) electrons. The van der Waals surface area contributed by atoms with E-state index < -0.39 is 0 Å². The van der Waals surface area contributed by atoms with Crippen LogP contribution in [0, 0.1) is 11.3 Å². The zero-order valence-electron chi connectivity index (χ0n) is 16.2. The Kier molecular flexibility index (Phi) is 5.51. The highest BCUT2D eigenvalue weighted by molar-refractivity contribution is 5.66. The number of ether oxygens (including phenoxy) is 2. The molecular weight excluding hydrogens is 368 g/mol. The first kappa shape index (κ1) is 19.1. The zero-order valence-corrected chi connectivity index (χ0v) is 16.2. The van der Waals surface area contributed by atoms with Gasteiger partial charge in [0.1, 0.15) is 5.75 Å². The van der Waals surface area contributed by atoms with Crippen LogP contribution < -0.4 is 10.5 Å². The molecule has 4 rings (SSSR count). The van der Waals surface area contributed by atoms with Crippen LogP contribution in [0.2, 0.25) is 0 Å². The van der Waals surface area contributed by atoms with Crippen molar-refractivity contribution >= 4 is 0 Å². The van der Waals surface area contributed by atoms with Crippen LogP contribution in [0.4, 0.5) is 0 Å². The molecule has 1 aliphatic heterocycles. The van der Waals surface area contributed by atoms with Crippen LogP contribution >= 0.6 is 0 Å². The molecule has 2 N–H and O–H groups in total. The fourth-order valence-electron chi connectivity index (χ4n) is 3.30. The minimum absolute atomic E-state index is 0.280. The molecule has 0 spiro atoms. The molecule has 1 atom stereocenters. The first-order valence-electron chi connectivity index (χ1n) is 9.53. The van der Waals surface area contributed by atoms with Gasteiger partial charge in [-0.05, 0) is 43.1 Å². The fourth-order valence-corrected chi connectivity index (χ4v) is 3.30. The van der Waals surface area contributed by atoms with Crippen molar-refractivity contribution in [1.82, 2.24) is 19.7 Å². The quantitative estimate of drug-likeness (QED) is 0.688. The molecular formula is C21H22N6O2. The molecule has 0 aliphatic carbocycles. The lowest BCUT2D eigenvalue weighted by molar-refractivity contribution is 0.193. The molecule has 0 bridgehead atoms. The maximum atomic E-state index is 9.31. The zero-order chi connectivity index (χ0) is 20.2. The Bertz CT molecular complexity index is 1030. The fraction of sp³-hybridized carbons (Fsp3) is 0.333. The molecule has 1 aromatic carbocycles. The van der Waals surface area contributed by atoms with Gasteiger partial charge in [0.15, 0.2) is 5.82 Å². The smallest absolute Gasteiger partial charge is 0.217 e. The Morgan fingerprint density at radius 2 is 2.14 bits per heavy atom. The van der Waals surface area contributed by atoms with Crippen molar-refractivity contribution in [3.63, 3.8) is 0 Å². The van der Waals surface area contributed by atoms with Crippen LogP contribution in [0.5, 0.6) is 11.6 Å². The highest BCUT2D eigenvalue weighted by atomic mass is 16.5. The molecule has 1 aliphatic rings. The van der Waals surface area contributed by atoms with Gasteiger partial charge in [0.2, 0.25) is 5.88 Å². The first-order valence-corrected chi connectivity index (χ1v) is 9.53. The third kappa shape index (κ3) is 4.11. The van der Waals surface area contributed by atoms with E-state index in [1.165, 1.54) is 0 Å². The summed E-state index contributed by atoms with van der Waals surface area (Å²) in [6, 6.07) is 9.29. The van der Waals surface area contributed by atoms with E-state index in [1.54, 1.807) is 35.3 Å². The lowest BCUT2D eigenvalue weighted by Crippen LogP contribution is -2.04. The van der Waals surface area contributed by atoms with Crippen molar-refractivity contribution in [2.24, 2.45) is 12.8 Å². The summed E-state index contributed by atoms with van der Waals surface area (Å²) < 4.78 is 13.3. The topological polar surface area (TPSA) is 112 Å². The minimum atomic E-state index is 0.280. The van der Waals surface area contributed by atoms with Gasteiger partial charge in [0, 0.05) is 38.0 Å². The number of rotatable bonds is 6. The highest BCUT2D eigenvalue weighted by Gasteiger charge is 2.22. The van der Waals surface area contributed by atoms with Crippen LogP contribution in [-0.4, -0.2) is 39.5 Å². The minimum Gasteiger partial charge on any atom is -0.438 e. The molecule has 148 valence electrons. The molecule has 1 saturated heterocycles. The van der Waals surface area contributed by atoms with E-state index >= 15 is 0 Å². The molecule has 1 fully saturated rings. The van der Waals surface area contributed by atoms with E-state index in [2.05, 4.69) is 21.1 Å². The van der Waals surface area contributed by atoms with Gasteiger partial charge in [-0.1, -0.05) is 0 Å². The van der Waals surface area contributed by atoms with Crippen LogP contribution in [0.1, 0.15) is 29.2 Å². The SMILES string of the molecule is Cn1nc(C2CCOC2)cc1Oc1cc(C#N)ccc1-c1ncc(CCN)cn1. The van der Waals surface area contributed by atoms with E-state index in [9.17, 15) is 5.26 Å². The number of aromatic nitrogens is 4. The van der Waals surface area contributed by atoms with Crippen molar-refractivity contribution in [3.8, 4) is 29.1 Å². The van der Waals surface area contributed by atoms with Crippen molar-refractivity contribution in [1.29, 1.82) is 5.26 Å². The summed E-state index contributed by atoms with van der Waals surface area (Å²) in [6.45, 7) is 1.97. The van der Waals surface area contributed by atoms with Gasteiger partial charge >= 0.3 is 0 Å². The Balaban J connectivity index is 1.67.